The third-order valence-corrected chi connectivity index (χ3v) is 3.20. The van der Waals surface area contributed by atoms with Gasteiger partial charge in [-0.25, -0.2) is 14.4 Å². The number of halogens is 1. The molecular weight excluding hydrogens is 257 g/mol. The van der Waals surface area contributed by atoms with Gasteiger partial charge in [0.25, 0.3) is 0 Å². The van der Waals surface area contributed by atoms with E-state index in [0.29, 0.717) is 28.1 Å². The Hall–Kier alpha value is -2.56. The van der Waals surface area contributed by atoms with Crippen molar-refractivity contribution in [3.63, 3.8) is 0 Å². The fourth-order valence-electron chi connectivity index (χ4n) is 2.32. The molecule has 2 heterocycles. The van der Waals surface area contributed by atoms with E-state index in [1.165, 1.54) is 12.1 Å². The van der Waals surface area contributed by atoms with Crippen molar-refractivity contribution in [1.29, 1.82) is 0 Å². The van der Waals surface area contributed by atoms with E-state index in [4.69, 9.17) is 0 Å². The number of benzene rings is 1. The molecule has 0 fully saturated rings. The first-order valence-corrected chi connectivity index (χ1v) is 6.15. The average molecular weight is 269 g/mol. The van der Waals surface area contributed by atoms with Crippen molar-refractivity contribution < 1.29 is 9.18 Å². The number of hydrogen-bond acceptors (Lipinski definition) is 3. The molecule has 0 radical (unpaired) electrons. The predicted octanol–water partition coefficient (Wildman–Crippen LogP) is 2.90. The minimum atomic E-state index is -0.306. The lowest BCUT2D eigenvalue weighted by Gasteiger charge is -2.05. The largest absolute Gasteiger partial charge is 0.335 e. The summed E-state index contributed by atoms with van der Waals surface area (Å²) in [6.07, 6.45) is 2.51. The summed E-state index contributed by atoms with van der Waals surface area (Å²) in [7, 11) is 1.83. The summed E-state index contributed by atoms with van der Waals surface area (Å²) in [5.41, 5.74) is 2.63. The van der Waals surface area contributed by atoms with Gasteiger partial charge >= 0.3 is 0 Å². The molecule has 3 aromatic rings. The Kier molecular flexibility index (Phi) is 2.82. The molecular formula is C15H12FN3O. The molecule has 0 unspecified atom stereocenters. The van der Waals surface area contributed by atoms with Gasteiger partial charge in [0.05, 0.1) is 11.1 Å². The lowest BCUT2D eigenvalue weighted by atomic mass is 10.1. The summed E-state index contributed by atoms with van der Waals surface area (Å²) < 4.78 is 14.8. The van der Waals surface area contributed by atoms with Gasteiger partial charge in [-0.3, -0.25) is 4.79 Å². The lowest BCUT2D eigenvalue weighted by molar-refractivity contribution is 0.112. The average Bonchev–Trinajstić information content (AvgIpc) is 2.76. The third-order valence-electron chi connectivity index (χ3n) is 3.20. The van der Waals surface area contributed by atoms with Gasteiger partial charge in [0.15, 0.2) is 6.29 Å². The monoisotopic (exact) mass is 269 g/mol. The molecule has 0 aliphatic rings. The molecule has 0 bridgehead atoms. The molecule has 0 aliphatic carbocycles. The molecule has 0 saturated carbocycles. The van der Waals surface area contributed by atoms with Crippen molar-refractivity contribution >= 4 is 17.3 Å². The Bertz CT molecular complexity index is 806. The van der Waals surface area contributed by atoms with Gasteiger partial charge in [0, 0.05) is 24.4 Å². The molecule has 5 heteroatoms. The third kappa shape index (κ3) is 1.87. The van der Waals surface area contributed by atoms with Crippen molar-refractivity contribution in [2.75, 3.05) is 0 Å². The molecule has 0 spiro atoms. The Morgan fingerprint density at radius 3 is 2.55 bits per heavy atom. The molecule has 20 heavy (non-hydrogen) atoms. The van der Waals surface area contributed by atoms with Crippen LogP contribution in [0, 0.1) is 12.7 Å². The van der Waals surface area contributed by atoms with Crippen LogP contribution in [0.1, 0.15) is 16.2 Å². The minimum Gasteiger partial charge on any atom is -0.335 e. The van der Waals surface area contributed by atoms with E-state index < -0.39 is 0 Å². The van der Waals surface area contributed by atoms with Crippen molar-refractivity contribution in [3.8, 4) is 11.3 Å². The number of fused-ring (bicyclic) bond motifs is 1. The van der Waals surface area contributed by atoms with Gasteiger partial charge in [0.1, 0.15) is 17.3 Å². The number of aryl methyl sites for hydroxylation is 2. The first-order valence-electron chi connectivity index (χ1n) is 6.15. The summed E-state index contributed by atoms with van der Waals surface area (Å²) in [4.78, 5) is 20.0. The first-order chi connectivity index (χ1) is 9.60. The van der Waals surface area contributed by atoms with E-state index in [2.05, 4.69) is 9.97 Å². The van der Waals surface area contributed by atoms with Crippen LogP contribution in [0.15, 0.2) is 30.5 Å². The SMILES string of the molecule is Cc1nc(-c2ccc(F)cc2)c2c(C=O)cn(C)c2n1. The van der Waals surface area contributed by atoms with Crippen LogP contribution in [0.4, 0.5) is 4.39 Å². The van der Waals surface area contributed by atoms with Crippen LogP contribution in [0.25, 0.3) is 22.3 Å². The second-order valence-corrected chi connectivity index (χ2v) is 4.64. The molecule has 0 N–H and O–H groups in total. The standard InChI is InChI=1S/C15H12FN3O/c1-9-17-14(10-3-5-12(16)6-4-10)13-11(8-20)7-19(2)15(13)18-9/h3-8H,1-2H3. The number of aldehydes is 1. The number of nitrogens with zero attached hydrogens (tertiary/aromatic N) is 3. The van der Waals surface area contributed by atoms with Crippen LogP contribution in [0.2, 0.25) is 0 Å². The molecule has 100 valence electrons. The van der Waals surface area contributed by atoms with Gasteiger partial charge in [-0.1, -0.05) is 0 Å². The van der Waals surface area contributed by atoms with Gasteiger partial charge in [-0.15, -0.1) is 0 Å². The Morgan fingerprint density at radius 2 is 1.90 bits per heavy atom. The molecule has 0 saturated heterocycles. The van der Waals surface area contributed by atoms with Crippen molar-refractivity contribution in [2.24, 2.45) is 7.05 Å². The Morgan fingerprint density at radius 1 is 1.20 bits per heavy atom. The zero-order chi connectivity index (χ0) is 14.3. The number of carbonyl (C=O) groups excluding carboxylic acids is 1. The fraction of sp³-hybridized carbons (Fsp3) is 0.133. The second-order valence-electron chi connectivity index (χ2n) is 4.64. The van der Waals surface area contributed by atoms with Crippen LogP contribution in [-0.2, 0) is 7.05 Å². The molecule has 0 atom stereocenters. The molecule has 0 aliphatic heterocycles. The summed E-state index contributed by atoms with van der Waals surface area (Å²) >= 11 is 0. The summed E-state index contributed by atoms with van der Waals surface area (Å²) in [6.45, 7) is 1.79. The second kappa shape index (κ2) is 4.52. The normalized spacial score (nSPS) is 10.9. The van der Waals surface area contributed by atoms with Gasteiger partial charge < -0.3 is 4.57 Å². The number of hydrogen-bond donors (Lipinski definition) is 0. The van der Waals surface area contributed by atoms with E-state index in [9.17, 15) is 9.18 Å². The van der Waals surface area contributed by atoms with Crippen molar-refractivity contribution in [3.05, 3.63) is 47.7 Å². The van der Waals surface area contributed by atoms with E-state index in [-0.39, 0.29) is 5.82 Å². The minimum absolute atomic E-state index is 0.306. The number of rotatable bonds is 2. The highest BCUT2D eigenvalue weighted by atomic mass is 19.1. The highest BCUT2D eigenvalue weighted by molar-refractivity contribution is 6.03. The molecule has 2 aromatic heterocycles. The molecule has 0 amide bonds. The zero-order valence-corrected chi connectivity index (χ0v) is 11.1. The van der Waals surface area contributed by atoms with Crippen LogP contribution in [0.5, 0.6) is 0 Å². The maximum Gasteiger partial charge on any atom is 0.152 e. The maximum atomic E-state index is 13.1. The summed E-state index contributed by atoms with van der Waals surface area (Å²) in [6, 6.07) is 6.06. The van der Waals surface area contributed by atoms with E-state index in [1.807, 2.05) is 7.05 Å². The Labute approximate surface area is 114 Å². The maximum absolute atomic E-state index is 13.1. The van der Waals surface area contributed by atoms with Crippen LogP contribution >= 0.6 is 0 Å². The lowest BCUT2D eigenvalue weighted by Crippen LogP contribution is -1.96. The highest BCUT2D eigenvalue weighted by Crippen LogP contribution is 2.29. The molecule has 4 nitrogen and oxygen atoms in total. The smallest absolute Gasteiger partial charge is 0.152 e. The van der Waals surface area contributed by atoms with E-state index >= 15 is 0 Å². The molecule has 3 rings (SSSR count). The van der Waals surface area contributed by atoms with Gasteiger partial charge in [-0.05, 0) is 31.2 Å². The topological polar surface area (TPSA) is 47.8 Å². The van der Waals surface area contributed by atoms with Gasteiger partial charge in [-0.2, -0.15) is 0 Å². The van der Waals surface area contributed by atoms with Crippen LogP contribution in [-0.4, -0.2) is 20.8 Å². The quantitative estimate of drug-likeness (QED) is 0.672. The van der Waals surface area contributed by atoms with Gasteiger partial charge in [0.2, 0.25) is 0 Å². The van der Waals surface area contributed by atoms with E-state index in [1.54, 1.807) is 29.8 Å². The fourth-order valence-corrected chi connectivity index (χ4v) is 2.32. The number of aromatic nitrogens is 3. The summed E-state index contributed by atoms with van der Waals surface area (Å²) in [5.74, 6) is 0.301. The number of carbonyl (C=O) groups is 1. The predicted molar refractivity (Wildman–Crippen MR) is 74.0 cm³/mol. The van der Waals surface area contributed by atoms with Crippen molar-refractivity contribution in [2.45, 2.75) is 6.92 Å². The van der Waals surface area contributed by atoms with Crippen LogP contribution < -0.4 is 0 Å². The summed E-state index contributed by atoms with van der Waals surface area (Å²) in [5, 5.41) is 0.694. The first kappa shape index (κ1) is 12.5. The highest BCUT2D eigenvalue weighted by Gasteiger charge is 2.15. The van der Waals surface area contributed by atoms with Crippen molar-refractivity contribution in [1.82, 2.24) is 14.5 Å². The molecule has 1 aromatic carbocycles. The zero-order valence-electron chi connectivity index (χ0n) is 11.1. The van der Waals surface area contributed by atoms with Crippen LogP contribution in [0.3, 0.4) is 0 Å². The van der Waals surface area contributed by atoms with E-state index in [0.717, 1.165) is 11.8 Å². The Balaban J connectivity index is 2.39.